The summed E-state index contributed by atoms with van der Waals surface area (Å²) >= 11 is 0. The first-order valence-corrected chi connectivity index (χ1v) is 7.05. The lowest BCUT2D eigenvalue weighted by molar-refractivity contribution is -0.136. The van der Waals surface area contributed by atoms with E-state index in [9.17, 15) is 9.59 Å². The summed E-state index contributed by atoms with van der Waals surface area (Å²) in [6.45, 7) is 8.52. The first-order valence-electron chi connectivity index (χ1n) is 7.05. The quantitative estimate of drug-likeness (QED) is 0.893. The Morgan fingerprint density at radius 3 is 2.45 bits per heavy atom. The zero-order chi connectivity index (χ0) is 15.1. The standard InChI is InChI=1S/C15H22N2O3/c1-9(2)15(5-6-15)8-17-11(4)12(7-13(18)19)10(3)16-14(17)20/h9H,5-8H2,1-4H3,(H,18,19). The molecule has 1 aliphatic rings. The molecule has 1 N–H and O–H groups in total. The first-order chi connectivity index (χ1) is 9.27. The van der Waals surface area contributed by atoms with Crippen LogP contribution in [-0.2, 0) is 17.8 Å². The second-order valence-corrected chi connectivity index (χ2v) is 6.22. The Morgan fingerprint density at radius 1 is 1.40 bits per heavy atom. The highest BCUT2D eigenvalue weighted by atomic mass is 16.4. The summed E-state index contributed by atoms with van der Waals surface area (Å²) in [5.74, 6) is -0.383. The third-order valence-corrected chi connectivity index (χ3v) is 4.69. The van der Waals surface area contributed by atoms with Crippen LogP contribution in [0.5, 0.6) is 0 Å². The summed E-state index contributed by atoms with van der Waals surface area (Å²) in [7, 11) is 0. The molecule has 0 atom stereocenters. The number of aromatic nitrogens is 2. The van der Waals surface area contributed by atoms with E-state index in [2.05, 4.69) is 18.8 Å². The second kappa shape index (κ2) is 5.04. The van der Waals surface area contributed by atoms with Crippen LogP contribution in [0.15, 0.2) is 4.79 Å². The van der Waals surface area contributed by atoms with Gasteiger partial charge in [0.15, 0.2) is 0 Å². The van der Waals surface area contributed by atoms with Crippen molar-refractivity contribution in [3.05, 3.63) is 27.4 Å². The summed E-state index contributed by atoms with van der Waals surface area (Å²) in [6, 6.07) is 0. The van der Waals surface area contributed by atoms with Crippen LogP contribution < -0.4 is 5.69 Å². The van der Waals surface area contributed by atoms with Crippen LogP contribution in [0.2, 0.25) is 0 Å². The van der Waals surface area contributed by atoms with Gasteiger partial charge in [-0.2, -0.15) is 4.98 Å². The maximum absolute atomic E-state index is 12.1. The van der Waals surface area contributed by atoms with Crippen LogP contribution >= 0.6 is 0 Å². The largest absolute Gasteiger partial charge is 0.481 e. The lowest BCUT2D eigenvalue weighted by Gasteiger charge is -2.23. The van der Waals surface area contributed by atoms with E-state index in [-0.39, 0.29) is 17.5 Å². The number of aliphatic carboxylic acids is 1. The predicted molar refractivity (Wildman–Crippen MR) is 75.8 cm³/mol. The van der Waals surface area contributed by atoms with E-state index in [4.69, 9.17) is 5.11 Å². The van der Waals surface area contributed by atoms with Crippen molar-refractivity contribution >= 4 is 5.97 Å². The normalized spacial score (nSPS) is 16.4. The van der Waals surface area contributed by atoms with Gasteiger partial charge in [0.1, 0.15) is 0 Å². The molecule has 1 aromatic heterocycles. The van der Waals surface area contributed by atoms with Crippen molar-refractivity contribution < 1.29 is 9.90 Å². The number of nitrogens with zero attached hydrogens (tertiary/aromatic N) is 2. The van der Waals surface area contributed by atoms with Gasteiger partial charge in [-0.05, 0) is 38.0 Å². The number of carbonyl (C=O) groups is 1. The molecular weight excluding hydrogens is 256 g/mol. The molecule has 5 nitrogen and oxygen atoms in total. The molecule has 1 saturated carbocycles. The molecule has 0 aromatic carbocycles. The van der Waals surface area contributed by atoms with E-state index in [1.54, 1.807) is 11.5 Å². The minimum absolute atomic E-state index is 0.0837. The first kappa shape index (κ1) is 14.8. The van der Waals surface area contributed by atoms with Crippen LogP contribution in [-0.4, -0.2) is 20.6 Å². The lowest BCUT2D eigenvalue weighted by Crippen LogP contribution is -2.32. The molecule has 1 heterocycles. The second-order valence-electron chi connectivity index (χ2n) is 6.22. The highest BCUT2D eigenvalue weighted by Gasteiger charge is 2.46. The van der Waals surface area contributed by atoms with Crippen molar-refractivity contribution in [2.24, 2.45) is 11.3 Å². The molecule has 5 heteroatoms. The molecule has 0 saturated heterocycles. The van der Waals surface area contributed by atoms with Gasteiger partial charge >= 0.3 is 11.7 Å². The molecule has 2 rings (SSSR count). The fourth-order valence-electron chi connectivity index (χ4n) is 2.83. The molecule has 110 valence electrons. The highest BCUT2D eigenvalue weighted by molar-refractivity contribution is 5.70. The Bertz CT molecular complexity index is 598. The molecule has 0 amide bonds. The van der Waals surface area contributed by atoms with Crippen molar-refractivity contribution in [1.29, 1.82) is 0 Å². The van der Waals surface area contributed by atoms with Crippen molar-refractivity contribution in [2.45, 2.75) is 53.5 Å². The van der Waals surface area contributed by atoms with Gasteiger partial charge in [-0.15, -0.1) is 0 Å². The molecule has 1 aliphatic carbocycles. The maximum Gasteiger partial charge on any atom is 0.347 e. The van der Waals surface area contributed by atoms with Gasteiger partial charge in [-0.1, -0.05) is 13.8 Å². The van der Waals surface area contributed by atoms with Crippen molar-refractivity contribution in [3.63, 3.8) is 0 Å². The Labute approximate surface area is 118 Å². The molecule has 0 unspecified atom stereocenters. The number of hydrogen-bond donors (Lipinski definition) is 1. The summed E-state index contributed by atoms with van der Waals surface area (Å²) in [4.78, 5) is 27.1. The van der Waals surface area contributed by atoms with Crippen molar-refractivity contribution in [2.75, 3.05) is 0 Å². The van der Waals surface area contributed by atoms with Gasteiger partial charge in [-0.3, -0.25) is 9.36 Å². The van der Waals surface area contributed by atoms with Gasteiger partial charge < -0.3 is 5.11 Å². The molecule has 1 fully saturated rings. The Hall–Kier alpha value is -1.65. The van der Waals surface area contributed by atoms with E-state index in [1.807, 2.05) is 6.92 Å². The molecule has 0 radical (unpaired) electrons. The Balaban J connectivity index is 2.43. The zero-order valence-electron chi connectivity index (χ0n) is 12.6. The fraction of sp³-hybridized carbons (Fsp3) is 0.667. The summed E-state index contributed by atoms with van der Waals surface area (Å²) in [5.41, 5.74) is 1.86. The molecule has 0 spiro atoms. The van der Waals surface area contributed by atoms with Gasteiger partial charge in [0.2, 0.25) is 0 Å². The van der Waals surface area contributed by atoms with Gasteiger partial charge in [0.05, 0.1) is 6.42 Å². The maximum atomic E-state index is 12.1. The van der Waals surface area contributed by atoms with Crippen LogP contribution in [0.3, 0.4) is 0 Å². The topological polar surface area (TPSA) is 72.2 Å². The van der Waals surface area contributed by atoms with E-state index in [0.29, 0.717) is 23.7 Å². The highest BCUT2D eigenvalue weighted by Crippen LogP contribution is 2.53. The number of carboxylic acids is 1. The average Bonchev–Trinajstić information content (AvgIpc) is 3.11. The van der Waals surface area contributed by atoms with Crippen molar-refractivity contribution in [1.82, 2.24) is 9.55 Å². The average molecular weight is 278 g/mol. The molecule has 20 heavy (non-hydrogen) atoms. The Kier molecular flexibility index (Phi) is 3.71. The third-order valence-electron chi connectivity index (χ3n) is 4.69. The summed E-state index contributed by atoms with van der Waals surface area (Å²) in [6.07, 6.45) is 2.16. The third kappa shape index (κ3) is 2.62. The van der Waals surface area contributed by atoms with Gasteiger partial charge in [-0.25, -0.2) is 4.79 Å². The molecular formula is C15H22N2O3. The number of hydrogen-bond acceptors (Lipinski definition) is 3. The van der Waals surface area contributed by atoms with E-state index in [0.717, 1.165) is 18.5 Å². The number of carboxylic acid groups (broad SMARTS) is 1. The number of rotatable bonds is 5. The molecule has 0 aliphatic heterocycles. The van der Waals surface area contributed by atoms with Crippen molar-refractivity contribution in [3.8, 4) is 0 Å². The van der Waals surface area contributed by atoms with Crippen LogP contribution in [0, 0.1) is 25.2 Å². The smallest absolute Gasteiger partial charge is 0.347 e. The molecule has 1 aromatic rings. The monoisotopic (exact) mass is 278 g/mol. The molecule has 0 bridgehead atoms. The van der Waals surface area contributed by atoms with Gasteiger partial charge in [0.25, 0.3) is 0 Å². The van der Waals surface area contributed by atoms with Crippen LogP contribution in [0.1, 0.15) is 43.6 Å². The van der Waals surface area contributed by atoms with E-state index >= 15 is 0 Å². The van der Waals surface area contributed by atoms with Crippen LogP contribution in [0.4, 0.5) is 0 Å². The number of aryl methyl sites for hydroxylation is 1. The Morgan fingerprint density at radius 2 is 2.00 bits per heavy atom. The van der Waals surface area contributed by atoms with Crippen LogP contribution in [0.25, 0.3) is 0 Å². The fourth-order valence-corrected chi connectivity index (χ4v) is 2.83. The van der Waals surface area contributed by atoms with E-state index in [1.165, 1.54) is 0 Å². The minimum Gasteiger partial charge on any atom is -0.481 e. The predicted octanol–water partition coefficient (Wildman–Crippen LogP) is 1.92. The lowest BCUT2D eigenvalue weighted by atomic mass is 9.92. The SMILES string of the molecule is Cc1nc(=O)n(CC2(C(C)C)CC2)c(C)c1CC(=O)O. The van der Waals surface area contributed by atoms with E-state index < -0.39 is 5.97 Å². The summed E-state index contributed by atoms with van der Waals surface area (Å²) in [5, 5.41) is 8.99. The minimum atomic E-state index is -0.895. The summed E-state index contributed by atoms with van der Waals surface area (Å²) < 4.78 is 1.66. The zero-order valence-corrected chi connectivity index (χ0v) is 12.6. The van der Waals surface area contributed by atoms with Gasteiger partial charge in [0, 0.05) is 23.5 Å².